The molecule has 1 saturated heterocycles. The number of halogens is 1. The molecule has 1 aliphatic rings. The summed E-state index contributed by atoms with van der Waals surface area (Å²) in [5, 5.41) is 5.40. The predicted molar refractivity (Wildman–Crippen MR) is 127 cm³/mol. The smallest absolute Gasteiger partial charge is 0.273 e. The van der Waals surface area contributed by atoms with Crippen LogP contribution in [0.15, 0.2) is 48.9 Å². The van der Waals surface area contributed by atoms with E-state index >= 15 is 0 Å². The summed E-state index contributed by atoms with van der Waals surface area (Å²) in [6.45, 7) is 5.48. The number of aromatic nitrogens is 4. The monoisotopic (exact) mass is 462 g/mol. The molecule has 9 heteroatoms. The number of amides is 1. The molecule has 0 bridgehead atoms. The molecule has 1 aromatic carbocycles. The van der Waals surface area contributed by atoms with Gasteiger partial charge in [-0.1, -0.05) is 23.7 Å². The number of anilines is 1. The van der Waals surface area contributed by atoms with Crippen molar-refractivity contribution in [1.82, 2.24) is 24.8 Å². The first-order valence-corrected chi connectivity index (χ1v) is 11.2. The average Bonchev–Trinajstić information content (AvgIpc) is 2.83. The van der Waals surface area contributed by atoms with E-state index in [0.29, 0.717) is 52.9 Å². The fourth-order valence-electron chi connectivity index (χ4n) is 4.11. The minimum Gasteiger partial charge on any atom is -0.377 e. The molecule has 4 heterocycles. The van der Waals surface area contributed by atoms with Crippen LogP contribution in [0.2, 0.25) is 5.02 Å². The summed E-state index contributed by atoms with van der Waals surface area (Å²) in [7, 11) is 0. The number of carbonyl (C=O) groups is 1. The molecule has 168 valence electrons. The Balaban J connectivity index is 1.56. The molecule has 0 saturated carbocycles. The van der Waals surface area contributed by atoms with Crippen LogP contribution in [-0.4, -0.2) is 56.5 Å². The third-order valence-electron chi connectivity index (χ3n) is 5.85. The number of nitrogens with zero attached hydrogens (tertiary/aromatic N) is 5. The average molecular weight is 463 g/mol. The predicted octanol–water partition coefficient (Wildman–Crippen LogP) is 4.26. The number of benzene rings is 1. The minimum atomic E-state index is -0.248. The van der Waals surface area contributed by atoms with Gasteiger partial charge in [0.2, 0.25) is 0 Å². The summed E-state index contributed by atoms with van der Waals surface area (Å²) < 4.78 is 5.50. The van der Waals surface area contributed by atoms with E-state index in [2.05, 4.69) is 20.3 Å². The highest BCUT2D eigenvalue weighted by molar-refractivity contribution is 6.36. The maximum atomic E-state index is 13.6. The molecule has 2 atom stereocenters. The Labute approximate surface area is 196 Å². The minimum absolute atomic E-state index is 0.0387. The molecular formula is C24H23ClN6O2. The number of ether oxygens (including phenoxy) is 1. The highest BCUT2D eigenvalue weighted by Gasteiger charge is 2.28. The summed E-state index contributed by atoms with van der Waals surface area (Å²) in [5.74, 6) is 0.461. The Hall–Kier alpha value is -3.36. The van der Waals surface area contributed by atoms with Crippen molar-refractivity contribution < 1.29 is 9.53 Å². The van der Waals surface area contributed by atoms with Crippen LogP contribution in [0.1, 0.15) is 36.1 Å². The molecule has 5 rings (SSSR count). The summed E-state index contributed by atoms with van der Waals surface area (Å²) >= 11 is 6.53. The van der Waals surface area contributed by atoms with Gasteiger partial charge in [-0.15, -0.1) is 0 Å². The van der Waals surface area contributed by atoms with Crippen molar-refractivity contribution in [2.45, 2.75) is 25.9 Å². The third kappa shape index (κ3) is 4.07. The molecule has 0 unspecified atom stereocenters. The van der Waals surface area contributed by atoms with Crippen molar-refractivity contribution >= 4 is 45.1 Å². The van der Waals surface area contributed by atoms with Gasteiger partial charge in [-0.3, -0.25) is 9.78 Å². The van der Waals surface area contributed by atoms with E-state index in [0.717, 1.165) is 10.9 Å². The fourth-order valence-corrected chi connectivity index (χ4v) is 4.38. The first-order valence-electron chi connectivity index (χ1n) is 10.8. The molecule has 1 fully saturated rings. The summed E-state index contributed by atoms with van der Waals surface area (Å²) in [4.78, 5) is 33.2. The number of pyridine rings is 2. The second kappa shape index (κ2) is 8.88. The molecule has 3 aromatic heterocycles. The van der Waals surface area contributed by atoms with Crippen LogP contribution in [-0.2, 0) is 4.74 Å². The fraction of sp³-hybridized carbons (Fsp3) is 0.292. The topological polar surface area (TPSA) is 93.1 Å². The first kappa shape index (κ1) is 21.5. The van der Waals surface area contributed by atoms with Crippen LogP contribution >= 0.6 is 11.6 Å². The number of rotatable bonds is 4. The van der Waals surface area contributed by atoms with E-state index in [1.165, 1.54) is 6.33 Å². The van der Waals surface area contributed by atoms with Gasteiger partial charge >= 0.3 is 0 Å². The first-order chi connectivity index (χ1) is 16.0. The van der Waals surface area contributed by atoms with Gasteiger partial charge in [-0.2, -0.15) is 0 Å². The zero-order chi connectivity index (χ0) is 22.9. The lowest BCUT2D eigenvalue weighted by Gasteiger charge is -2.33. The Morgan fingerprint density at radius 2 is 2.12 bits per heavy atom. The lowest BCUT2D eigenvalue weighted by molar-refractivity contribution is 0.00338. The van der Waals surface area contributed by atoms with Crippen LogP contribution in [0.4, 0.5) is 5.82 Å². The van der Waals surface area contributed by atoms with E-state index < -0.39 is 0 Å². The third-order valence-corrected chi connectivity index (χ3v) is 6.16. The van der Waals surface area contributed by atoms with Crippen molar-refractivity contribution in [1.29, 1.82) is 0 Å². The largest absolute Gasteiger partial charge is 0.377 e. The maximum Gasteiger partial charge on any atom is 0.273 e. The van der Waals surface area contributed by atoms with Gasteiger partial charge in [0.15, 0.2) is 5.82 Å². The van der Waals surface area contributed by atoms with Crippen LogP contribution in [0, 0.1) is 0 Å². The van der Waals surface area contributed by atoms with E-state index in [-0.39, 0.29) is 18.0 Å². The van der Waals surface area contributed by atoms with Crippen molar-refractivity contribution in [2.24, 2.45) is 0 Å². The van der Waals surface area contributed by atoms with Gasteiger partial charge in [-0.25, -0.2) is 15.0 Å². The van der Waals surface area contributed by atoms with Crippen molar-refractivity contribution in [3.63, 3.8) is 0 Å². The number of fused-ring (bicyclic) bond motifs is 2. The number of hydrogen-bond donors (Lipinski definition) is 1. The van der Waals surface area contributed by atoms with Gasteiger partial charge in [-0.05, 0) is 43.5 Å². The van der Waals surface area contributed by atoms with Crippen molar-refractivity contribution in [2.75, 3.05) is 25.1 Å². The van der Waals surface area contributed by atoms with E-state index in [4.69, 9.17) is 21.3 Å². The van der Waals surface area contributed by atoms with Crippen LogP contribution in [0.25, 0.3) is 21.8 Å². The molecule has 1 N–H and O–H groups in total. The van der Waals surface area contributed by atoms with Gasteiger partial charge in [0, 0.05) is 18.1 Å². The second-order valence-electron chi connectivity index (χ2n) is 8.12. The van der Waals surface area contributed by atoms with Crippen LogP contribution in [0.3, 0.4) is 0 Å². The number of carbonyl (C=O) groups excluding carboxylic acids is 1. The van der Waals surface area contributed by atoms with E-state index in [1.54, 1.807) is 17.2 Å². The number of morpholine rings is 1. The summed E-state index contributed by atoms with van der Waals surface area (Å²) in [6.07, 6.45) is 3.21. The van der Waals surface area contributed by atoms with Gasteiger partial charge < -0.3 is 15.0 Å². The van der Waals surface area contributed by atoms with Crippen LogP contribution < -0.4 is 5.32 Å². The van der Waals surface area contributed by atoms with Crippen molar-refractivity contribution in [3.05, 3.63) is 65.3 Å². The molecule has 33 heavy (non-hydrogen) atoms. The summed E-state index contributed by atoms with van der Waals surface area (Å²) in [6, 6.07) is 11.0. The normalized spacial score (nSPS) is 17.3. The van der Waals surface area contributed by atoms with Gasteiger partial charge in [0.1, 0.15) is 17.5 Å². The molecule has 0 aliphatic carbocycles. The quantitative estimate of drug-likeness (QED) is 0.484. The number of hydrogen-bond acceptors (Lipinski definition) is 7. The van der Waals surface area contributed by atoms with E-state index in [9.17, 15) is 4.79 Å². The van der Waals surface area contributed by atoms with Gasteiger partial charge in [0.25, 0.3) is 5.91 Å². The Morgan fingerprint density at radius 1 is 1.24 bits per heavy atom. The Morgan fingerprint density at radius 3 is 2.97 bits per heavy atom. The Kier molecular flexibility index (Phi) is 5.78. The van der Waals surface area contributed by atoms with Gasteiger partial charge in [0.05, 0.1) is 41.5 Å². The second-order valence-corrected chi connectivity index (χ2v) is 8.52. The highest BCUT2D eigenvalue weighted by atomic mass is 35.5. The van der Waals surface area contributed by atoms with Crippen molar-refractivity contribution in [3.8, 4) is 0 Å². The molecule has 0 spiro atoms. The zero-order valence-corrected chi connectivity index (χ0v) is 19.1. The maximum absolute atomic E-state index is 13.6. The molecule has 0 radical (unpaired) electrons. The molecule has 1 amide bonds. The molecule has 4 aromatic rings. The van der Waals surface area contributed by atoms with E-state index in [1.807, 2.05) is 44.2 Å². The Bertz CT molecular complexity index is 1340. The standard InChI is InChI=1S/C24H23ClN6O2/c1-14-12-33-10-9-31(14)24(32)22-20-16(5-3-6-17(20)25)11-19(30-22)15(2)29-23-21-18(27-13-28-23)7-4-8-26-21/h3-8,11,13-15H,9-10,12H2,1-2H3,(H,27,28,29)/t14-,15-/m0/s1. The number of nitrogens with one attached hydrogen (secondary N) is 1. The van der Waals surface area contributed by atoms with Crippen LogP contribution in [0.5, 0.6) is 0 Å². The lowest BCUT2D eigenvalue weighted by atomic mass is 10.0. The zero-order valence-electron chi connectivity index (χ0n) is 18.3. The molecular weight excluding hydrogens is 440 g/mol. The highest BCUT2D eigenvalue weighted by Crippen LogP contribution is 2.31. The molecule has 8 nitrogen and oxygen atoms in total. The SMILES string of the molecule is C[C@H](Nc1ncnc2cccnc12)c1cc2cccc(Cl)c2c(C(=O)N2CCOC[C@@H]2C)n1. The molecule has 1 aliphatic heterocycles. The lowest BCUT2D eigenvalue weighted by Crippen LogP contribution is -2.47. The summed E-state index contributed by atoms with van der Waals surface area (Å²) in [5.41, 5.74) is 2.48.